The second-order valence-electron chi connectivity index (χ2n) is 6.25. The zero-order valence-electron chi connectivity index (χ0n) is 13.6. The van der Waals surface area contributed by atoms with E-state index in [0.717, 1.165) is 31.5 Å². The first-order valence-electron chi connectivity index (χ1n) is 8.30. The summed E-state index contributed by atoms with van der Waals surface area (Å²) >= 11 is 0. The van der Waals surface area contributed by atoms with Gasteiger partial charge in [-0.1, -0.05) is 24.3 Å². The number of carbonyl (C=O) groups is 1. The zero-order chi connectivity index (χ0) is 16.1. The Bertz CT molecular complexity index is 638. The maximum Gasteiger partial charge on any atom is 0.317 e. The zero-order valence-corrected chi connectivity index (χ0v) is 13.6. The number of likely N-dealkylation sites (tertiary alicyclic amines) is 1. The molecular weight excluding hydrogens is 288 g/mol. The van der Waals surface area contributed by atoms with Crippen LogP contribution in [0.25, 0.3) is 0 Å². The van der Waals surface area contributed by atoms with Gasteiger partial charge in [0, 0.05) is 38.1 Å². The molecule has 2 heterocycles. The second kappa shape index (κ2) is 7.31. The smallest absolute Gasteiger partial charge is 0.317 e. The second-order valence-corrected chi connectivity index (χ2v) is 6.25. The topological polar surface area (TPSA) is 50.2 Å². The summed E-state index contributed by atoms with van der Waals surface area (Å²) in [7, 11) is 0. The molecule has 1 aliphatic heterocycles. The van der Waals surface area contributed by atoms with E-state index >= 15 is 0 Å². The van der Waals surface area contributed by atoms with Crippen molar-refractivity contribution in [2.75, 3.05) is 6.54 Å². The maximum absolute atomic E-state index is 12.3. The monoisotopic (exact) mass is 312 g/mol. The maximum atomic E-state index is 12.3. The molecule has 1 unspecified atom stereocenters. The molecule has 0 spiro atoms. The summed E-state index contributed by atoms with van der Waals surface area (Å²) < 4.78 is 2.03. The number of nitrogens with zero attached hydrogens (tertiary/aromatic N) is 3. The van der Waals surface area contributed by atoms with Gasteiger partial charge in [-0.25, -0.2) is 9.78 Å². The predicted molar refractivity (Wildman–Crippen MR) is 90.0 cm³/mol. The van der Waals surface area contributed by atoms with E-state index in [1.165, 1.54) is 12.0 Å². The minimum Gasteiger partial charge on any atom is -0.334 e. The number of imidazole rings is 1. The third-order valence-corrected chi connectivity index (χ3v) is 4.42. The Hall–Kier alpha value is -2.30. The lowest BCUT2D eigenvalue weighted by Gasteiger charge is -2.33. The van der Waals surface area contributed by atoms with Crippen LogP contribution >= 0.6 is 0 Å². The average molecular weight is 312 g/mol. The quantitative estimate of drug-likeness (QED) is 0.943. The third-order valence-electron chi connectivity index (χ3n) is 4.42. The van der Waals surface area contributed by atoms with E-state index in [1.807, 2.05) is 28.1 Å². The van der Waals surface area contributed by atoms with Crippen molar-refractivity contribution < 1.29 is 4.79 Å². The summed E-state index contributed by atoms with van der Waals surface area (Å²) in [6.45, 7) is 4.36. The Morgan fingerprint density at radius 2 is 2.22 bits per heavy atom. The highest BCUT2D eigenvalue weighted by Crippen LogP contribution is 2.16. The highest BCUT2D eigenvalue weighted by Gasteiger charge is 2.22. The molecule has 2 amide bonds. The third kappa shape index (κ3) is 4.12. The van der Waals surface area contributed by atoms with Gasteiger partial charge in [0.25, 0.3) is 0 Å². The van der Waals surface area contributed by atoms with Crippen molar-refractivity contribution in [2.45, 2.75) is 45.3 Å². The Morgan fingerprint density at radius 1 is 1.35 bits per heavy atom. The molecule has 1 fully saturated rings. The fourth-order valence-corrected chi connectivity index (χ4v) is 3.11. The van der Waals surface area contributed by atoms with Gasteiger partial charge in [-0.15, -0.1) is 0 Å². The number of aromatic nitrogens is 2. The van der Waals surface area contributed by atoms with Crippen molar-refractivity contribution in [3.8, 4) is 0 Å². The van der Waals surface area contributed by atoms with Crippen molar-refractivity contribution in [1.29, 1.82) is 0 Å². The minimum absolute atomic E-state index is 0.0530. The molecule has 3 rings (SSSR count). The van der Waals surface area contributed by atoms with Gasteiger partial charge < -0.3 is 14.8 Å². The van der Waals surface area contributed by atoms with E-state index in [1.54, 1.807) is 6.20 Å². The molecular formula is C18H24N4O. The summed E-state index contributed by atoms with van der Waals surface area (Å²) in [5, 5.41) is 3.05. The average Bonchev–Trinajstić information content (AvgIpc) is 3.06. The first-order chi connectivity index (χ1) is 11.2. The van der Waals surface area contributed by atoms with Gasteiger partial charge in [-0.2, -0.15) is 0 Å². The molecule has 5 nitrogen and oxygen atoms in total. The van der Waals surface area contributed by atoms with E-state index in [-0.39, 0.29) is 6.03 Å². The number of hydrogen-bond donors (Lipinski definition) is 1. The molecule has 1 aliphatic rings. The number of piperidine rings is 1. The van der Waals surface area contributed by atoms with Crippen molar-refractivity contribution in [3.63, 3.8) is 0 Å². The molecule has 0 saturated carbocycles. The summed E-state index contributed by atoms with van der Waals surface area (Å²) in [6, 6.07) is 8.72. The van der Waals surface area contributed by atoms with Crippen LogP contribution < -0.4 is 5.32 Å². The molecule has 1 aromatic heterocycles. The fourth-order valence-electron chi connectivity index (χ4n) is 3.11. The standard InChI is InChI=1S/C18H24N4O/c1-15-5-2-3-9-22(15)18(23)20-12-16-6-4-7-17(11-16)13-21-10-8-19-14-21/h4,6-8,10-11,14-15H,2-3,5,9,12-13H2,1H3,(H,20,23). The Labute approximate surface area is 137 Å². The number of benzene rings is 1. The van der Waals surface area contributed by atoms with Crippen LogP contribution in [-0.4, -0.2) is 33.1 Å². The Kier molecular flexibility index (Phi) is 4.95. The van der Waals surface area contributed by atoms with Gasteiger partial charge in [0.2, 0.25) is 0 Å². The van der Waals surface area contributed by atoms with Crippen LogP contribution in [-0.2, 0) is 13.1 Å². The van der Waals surface area contributed by atoms with Crippen LogP contribution in [0.5, 0.6) is 0 Å². The summed E-state index contributed by atoms with van der Waals surface area (Å²) in [5.41, 5.74) is 2.33. The van der Waals surface area contributed by atoms with E-state index in [0.29, 0.717) is 12.6 Å². The van der Waals surface area contributed by atoms with Crippen LogP contribution in [0.3, 0.4) is 0 Å². The van der Waals surface area contributed by atoms with Gasteiger partial charge in [-0.3, -0.25) is 0 Å². The first kappa shape index (κ1) is 15.6. The normalized spacial score (nSPS) is 18.0. The lowest BCUT2D eigenvalue weighted by molar-refractivity contribution is 0.158. The summed E-state index contributed by atoms with van der Waals surface area (Å²) in [5.74, 6) is 0. The summed E-state index contributed by atoms with van der Waals surface area (Å²) in [6.07, 6.45) is 8.98. The van der Waals surface area contributed by atoms with Crippen molar-refractivity contribution in [2.24, 2.45) is 0 Å². The lowest BCUT2D eigenvalue weighted by Crippen LogP contribution is -2.47. The molecule has 1 atom stereocenters. The van der Waals surface area contributed by atoms with Gasteiger partial charge in [-0.05, 0) is 37.3 Å². The SMILES string of the molecule is CC1CCCCN1C(=O)NCc1cccc(Cn2ccnc2)c1. The largest absolute Gasteiger partial charge is 0.334 e. The number of nitrogens with one attached hydrogen (secondary N) is 1. The molecule has 1 N–H and O–H groups in total. The van der Waals surface area contributed by atoms with Crippen molar-refractivity contribution >= 4 is 6.03 Å². The molecule has 122 valence electrons. The number of carbonyl (C=O) groups excluding carboxylic acids is 1. The van der Waals surface area contributed by atoms with Crippen molar-refractivity contribution in [1.82, 2.24) is 19.8 Å². The number of rotatable bonds is 4. The Balaban J connectivity index is 1.56. The first-order valence-corrected chi connectivity index (χ1v) is 8.30. The van der Waals surface area contributed by atoms with Crippen LogP contribution in [0.2, 0.25) is 0 Å². The predicted octanol–water partition coefficient (Wildman–Crippen LogP) is 3.02. The van der Waals surface area contributed by atoms with E-state index in [4.69, 9.17) is 0 Å². The number of urea groups is 1. The van der Waals surface area contributed by atoms with E-state index in [9.17, 15) is 4.79 Å². The lowest BCUT2D eigenvalue weighted by atomic mass is 10.0. The van der Waals surface area contributed by atoms with Gasteiger partial charge >= 0.3 is 6.03 Å². The fraction of sp³-hybridized carbons (Fsp3) is 0.444. The molecule has 5 heteroatoms. The van der Waals surface area contributed by atoms with Gasteiger partial charge in [0.15, 0.2) is 0 Å². The van der Waals surface area contributed by atoms with Crippen LogP contribution in [0.4, 0.5) is 4.79 Å². The molecule has 0 radical (unpaired) electrons. The van der Waals surface area contributed by atoms with Crippen LogP contribution in [0, 0.1) is 0 Å². The van der Waals surface area contributed by atoms with Crippen molar-refractivity contribution in [3.05, 3.63) is 54.1 Å². The minimum atomic E-state index is 0.0530. The van der Waals surface area contributed by atoms with E-state index in [2.05, 4.69) is 35.4 Å². The number of hydrogen-bond acceptors (Lipinski definition) is 2. The van der Waals surface area contributed by atoms with E-state index < -0.39 is 0 Å². The molecule has 0 bridgehead atoms. The molecule has 0 aliphatic carbocycles. The van der Waals surface area contributed by atoms with Crippen LogP contribution in [0.1, 0.15) is 37.3 Å². The van der Waals surface area contributed by atoms with Crippen LogP contribution in [0.15, 0.2) is 43.0 Å². The van der Waals surface area contributed by atoms with Gasteiger partial charge in [0.05, 0.1) is 6.33 Å². The van der Waals surface area contributed by atoms with Gasteiger partial charge in [0.1, 0.15) is 0 Å². The summed E-state index contributed by atoms with van der Waals surface area (Å²) in [4.78, 5) is 18.3. The number of amides is 2. The molecule has 2 aromatic rings. The molecule has 1 saturated heterocycles. The molecule has 23 heavy (non-hydrogen) atoms. The highest BCUT2D eigenvalue weighted by atomic mass is 16.2. The molecule has 1 aromatic carbocycles. The Morgan fingerprint density at radius 3 is 3.00 bits per heavy atom. The highest BCUT2D eigenvalue weighted by molar-refractivity contribution is 5.74.